The van der Waals surface area contributed by atoms with Gasteiger partial charge in [-0.2, -0.15) is 0 Å². The van der Waals surface area contributed by atoms with Crippen LogP contribution in [0.2, 0.25) is 0 Å². The highest BCUT2D eigenvalue weighted by molar-refractivity contribution is 5.76. The number of aromatic nitrogens is 1. The van der Waals surface area contributed by atoms with Crippen molar-refractivity contribution in [3.63, 3.8) is 0 Å². The standard InChI is InChI=1S/C19H25N3O3/c23-19(8-7-18-20-16-5-1-2-6-17(16)25-18)22-11-9-21(10-12-22)14-15-4-3-13-24-15/h1-2,5-6,15H,3-4,7-14H2/p+1/t15-/m0/s1. The molecule has 2 aliphatic heterocycles. The van der Waals surface area contributed by atoms with Crippen molar-refractivity contribution < 1.29 is 18.8 Å². The van der Waals surface area contributed by atoms with Crippen LogP contribution in [-0.4, -0.2) is 61.2 Å². The Labute approximate surface area is 147 Å². The first kappa shape index (κ1) is 16.5. The smallest absolute Gasteiger partial charge is 0.223 e. The number of carbonyl (C=O) groups is 1. The molecule has 1 aromatic carbocycles. The fourth-order valence-electron chi connectivity index (χ4n) is 3.80. The summed E-state index contributed by atoms with van der Waals surface area (Å²) in [6.07, 6.45) is 3.84. The van der Waals surface area contributed by atoms with Gasteiger partial charge in [0.15, 0.2) is 11.5 Å². The van der Waals surface area contributed by atoms with Gasteiger partial charge in [-0.3, -0.25) is 4.79 Å². The summed E-state index contributed by atoms with van der Waals surface area (Å²) in [7, 11) is 0. The number of carbonyl (C=O) groups excluding carboxylic acids is 1. The molecule has 1 aromatic heterocycles. The van der Waals surface area contributed by atoms with E-state index in [1.165, 1.54) is 12.8 Å². The molecule has 0 aliphatic carbocycles. The molecule has 1 N–H and O–H groups in total. The van der Waals surface area contributed by atoms with E-state index < -0.39 is 0 Å². The topological polar surface area (TPSA) is 60.0 Å². The van der Waals surface area contributed by atoms with Gasteiger partial charge < -0.3 is 19.0 Å². The third kappa shape index (κ3) is 4.02. The van der Waals surface area contributed by atoms with Crippen LogP contribution in [0, 0.1) is 0 Å². The van der Waals surface area contributed by atoms with Crippen LogP contribution in [0.25, 0.3) is 11.1 Å². The number of hydrogen-bond acceptors (Lipinski definition) is 4. The summed E-state index contributed by atoms with van der Waals surface area (Å²) in [6.45, 7) is 5.73. The van der Waals surface area contributed by atoms with E-state index in [4.69, 9.17) is 9.15 Å². The Bertz CT molecular complexity index is 683. The van der Waals surface area contributed by atoms with Crippen molar-refractivity contribution in [2.75, 3.05) is 39.3 Å². The molecule has 2 aliphatic rings. The first-order valence-electron chi connectivity index (χ1n) is 9.35. The average molecular weight is 344 g/mol. The number of ether oxygens (including phenoxy) is 1. The van der Waals surface area contributed by atoms with E-state index in [9.17, 15) is 4.79 Å². The summed E-state index contributed by atoms with van der Waals surface area (Å²) in [6, 6.07) is 7.71. The lowest BCUT2D eigenvalue weighted by molar-refractivity contribution is -0.906. The summed E-state index contributed by atoms with van der Waals surface area (Å²) in [5, 5.41) is 0. The number of piperazine rings is 1. The van der Waals surface area contributed by atoms with Crippen LogP contribution in [0.1, 0.15) is 25.2 Å². The van der Waals surface area contributed by atoms with Crippen molar-refractivity contribution in [1.29, 1.82) is 0 Å². The number of quaternary nitrogens is 1. The molecule has 0 bridgehead atoms. The largest absolute Gasteiger partial charge is 0.441 e. The van der Waals surface area contributed by atoms with Gasteiger partial charge in [0, 0.05) is 19.4 Å². The molecule has 2 fully saturated rings. The number of para-hydroxylation sites is 2. The molecule has 3 heterocycles. The van der Waals surface area contributed by atoms with Gasteiger partial charge >= 0.3 is 0 Å². The molecule has 0 unspecified atom stereocenters. The van der Waals surface area contributed by atoms with Crippen molar-refractivity contribution >= 4 is 17.0 Å². The van der Waals surface area contributed by atoms with Gasteiger partial charge in [0.05, 0.1) is 26.2 Å². The second-order valence-electron chi connectivity index (χ2n) is 7.05. The van der Waals surface area contributed by atoms with E-state index >= 15 is 0 Å². The van der Waals surface area contributed by atoms with Crippen LogP contribution >= 0.6 is 0 Å². The Morgan fingerprint density at radius 1 is 1.28 bits per heavy atom. The number of fused-ring (bicyclic) bond motifs is 1. The summed E-state index contributed by atoms with van der Waals surface area (Å²) < 4.78 is 11.4. The second kappa shape index (κ2) is 7.54. The number of hydrogen-bond donors (Lipinski definition) is 1. The number of rotatable bonds is 5. The van der Waals surface area contributed by atoms with Crippen molar-refractivity contribution in [2.45, 2.75) is 31.8 Å². The first-order valence-corrected chi connectivity index (χ1v) is 9.35. The highest BCUT2D eigenvalue weighted by Crippen LogP contribution is 2.16. The minimum absolute atomic E-state index is 0.207. The van der Waals surface area contributed by atoms with E-state index in [0.29, 0.717) is 24.8 Å². The Morgan fingerprint density at radius 2 is 2.12 bits per heavy atom. The molecule has 0 spiro atoms. The van der Waals surface area contributed by atoms with Gasteiger partial charge in [0.25, 0.3) is 0 Å². The maximum atomic E-state index is 12.5. The van der Waals surface area contributed by atoms with Crippen molar-refractivity contribution in [1.82, 2.24) is 9.88 Å². The molecule has 1 amide bonds. The summed E-state index contributed by atoms with van der Waals surface area (Å²) >= 11 is 0. The SMILES string of the molecule is O=C(CCc1nc2ccccc2o1)N1CC[NH+](C[C@@H]2CCCO2)CC1. The van der Waals surface area contributed by atoms with Gasteiger partial charge in [-0.1, -0.05) is 12.1 Å². The van der Waals surface area contributed by atoms with Crippen LogP contribution in [-0.2, 0) is 16.0 Å². The molecule has 6 nitrogen and oxygen atoms in total. The third-order valence-corrected chi connectivity index (χ3v) is 5.25. The normalized spacial score (nSPS) is 21.9. The third-order valence-electron chi connectivity index (χ3n) is 5.25. The summed E-state index contributed by atoms with van der Waals surface area (Å²) in [4.78, 5) is 20.5. The van der Waals surface area contributed by atoms with E-state index in [1.54, 1.807) is 4.90 Å². The van der Waals surface area contributed by atoms with E-state index in [2.05, 4.69) is 4.98 Å². The number of amides is 1. The molecule has 2 saturated heterocycles. The highest BCUT2D eigenvalue weighted by atomic mass is 16.5. The summed E-state index contributed by atoms with van der Waals surface area (Å²) in [5.74, 6) is 0.857. The Hall–Kier alpha value is -1.92. The Morgan fingerprint density at radius 3 is 2.88 bits per heavy atom. The lowest BCUT2D eigenvalue weighted by Crippen LogP contribution is -3.15. The maximum Gasteiger partial charge on any atom is 0.223 e. The van der Waals surface area contributed by atoms with Crippen molar-refractivity contribution in [3.8, 4) is 0 Å². The molecule has 1 atom stereocenters. The lowest BCUT2D eigenvalue weighted by Gasteiger charge is -2.33. The Kier molecular flexibility index (Phi) is 4.99. The molecule has 6 heteroatoms. The van der Waals surface area contributed by atoms with Gasteiger partial charge in [0.2, 0.25) is 5.91 Å². The predicted octanol–water partition coefficient (Wildman–Crippen LogP) is 0.667. The monoisotopic (exact) mass is 344 g/mol. The zero-order valence-corrected chi connectivity index (χ0v) is 14.6. The second-order valence-corrected chi connectivity index (χ2v) is 7.05. The Balaban J connectivity index is 1.23. The number of oxazole rings is 1. The first-order chi connectivity index (χ1) is 12.3. The lowest BCUT2D eigenvalue weighted by atomic mass is 10.2. The minimum atomic E-state index is 0.207. The van der Waals surface area contributed by atoms with Crippen LogP contribution in [0.5, 0.6) is 0 Å². The van der Waals surface area contributed by atoms with Crippen LogP contribution < -0.4 is 4.90 Å². The van der Waals surface area contributed by atoms with Crippen molar-refractivity contribution in [3.05, 3.63) is 30.2 Å². The zero-order chi connectivity index (χ0) is 17.1. The zero-order valence-electron chi connectivity index (χ0n) is 14.6. The van der Waals surface area contributed by atoms with Crippen LogP contribution in [0.3, 0.4) is 0 Å². The molecular formula is C19H26N3O3+. The molecule has 0 saturated carbocycles. The van der Waals surface area contributed by atoms with Crippen LogP contribution in [0.15, 0.2) is 28.7 Å². The van der Waals surface area contributed by atoms with E-state index in [0.717, 1.165) is 50.4 Å². The van der Waals surface area contributed by atoms with E-state index in [1.807, 2.05) is 29.2 Å². The van der Waals surface area contributed by atoms with Crippen LogP contribution in [0.4, 0.5) is 0 Å². The van der Waals surface area contributed by atoms with Gasteiger partial charge in [0.1, 0.15) is 18.2 Å². The molecule has 0 radical (unpaired) electrons. The number of nitrogens with zero attached hydrogens (tertiary/aromatic N) is 2. The molecule has 25 heavy (non-hydrogen) atoms. The quantitative estimate of drug-likeness (QED) is 0.866. The fraction of sp³-hybridized carbons (Fsp3) is 0.579. The predicted molar refractivity (Wildman–Crippen MR) is 93.4 cm³/mol. The van der Waals surface area contributed by atoms with Crippen molar-refractivity contribution in [2.24, 2.45) is 0 Å². The molecular weight excluding hydrogens is 318 g/mol. The van der Waals surface area contributed by atoms with Gasteiger partial charge in [-0.25, -0.2) is 4.98 Å². The number of benzene rings is 1. The van der Waals surface area contributed by atoms with E-state index in [-0.39, 0.29) is 5.91 Å². The number of aryl methyl sites for hydroxylation is 1. The van der Waals surface area contributed by atoms with Gasteiger partial charge in [-0.15, -0.1) is 0 Å². The highest BCUT2D eigenvalue weighted by Gasteiger charge is 2.27. The average Bonchev–Trinajstić information content (AvgIpc) is 3.29. The molecule has 4 rings (SSSR count). The fourth-order valence-corrected chi connectivity index (χ4v) is 3.80. The minimum Gasteiger partial charge on any atom is -0.441 e. The number of nitrogens with one attached hydrogen (secondary N) is 1. The van der Waals surface area contributed by atoms with Gasteiger partial charge in [-0.05, 0) is 25.0 Å². The molecule has 2 aromatic rings. The summed E-state index contributed by atoms with van der Waals surface area (Å²) in [5.41, 5.74) is 1.65. The maximum absolute atomic E-state index is 12.5. The molecule has 134 valence electrons.